The maximum atomic E-state index is 12.0. The predicted molar refractivity (Wildman–Crippen MR) is 71.2 cm³/mol. The molecule has 2 heterocycles. The molecule has 0 bridgehead atoms. The van der Waals surface area contributed by atoms with Gasteiger partial charge in [0.05, 0.1) is 0 Å². The van der Waals surface area contributed by atoms with Gasteiger partial charge < -0.3 is 15.3 Å². The van der Waals surface area contributed by atoms with Crippen LogP contribution < -0.4 is 10.9 Å². The average Bonchev–Trinajstić information content (AvgIpc) is 2.80. The van der Waals surface area contributed by atoms with Crippen molar-refractivity contribution >= 4 is 5.91 Å². The normalized spacial score (nSPS) is 10.4. The van der Waals surface area contributed by atoms with Crippen molar-refractivity contribution in [2.75, 3.05) is 6.54 Å². The maximum Gasteiger partial charge on any atom is 0.261 e. The van der Waals surface area contributed by atoms with Crippen molar-refractivity contribution in [3.63, 3.8) is 0 Å². The Balaban J connectivity index is 2.02. The molecule has 2 aromatic rings. The lowest BCUT2D eigenvalue weighted by atomic mass is 10.1. The first-order valence-corrected chi connectivity index (χ1v) is 6.05. The van der Waals surface area contributed by atoms with E-state index in [0.717, 1.165) is 11.5 Å². The van der Waals surface area contributed by atoms with Gasteiger partial charge in [-0.05, 0) is 25.5 Å². The highest BCUT2D eigenvalue weighted by Gasteiger charge is 2.13. The lowest BCUT2D eigenvalue weighted by Gasteiger charge is -2.07. The highest BCUT2D eigenvalue weighted by atomic mass is 16.2. The second-order valence-electron chi connectivity index (χ2n) is 4.38. The Hall–Kier alpha value is -2.37. The first kappa shape index (κ1) is 13.1. The van der Waals surface area contributed by atoms with Crippen LogP contribution in [0, 0.1) is 13.8 Å². The third-order valence-corrected chi connectivity index (χ3v) is 2.79. The van der Waals surface area contributed by atoms with Crippen LogP contribution in [-0.4, -0.2) is 27.4 Å². The minimum absolute atomic E-state index is 0.171. The number of H-pyrrole nitrogens is 2. The quantitative estimate of drug-likeness (QED) is 0.755. The van der Waals surface area contributed by atoms with Crippen LogP contribution in [0.2, 0.25) is 0 Å². The molecular weight excluding hydrogens is 244 g/mol. The molecule has 0 aliphatic carbocycles. The Bertz CT molecular complexity index is 629. The van der Waals surface area contributed by atoms with Crippen LogP contribution in [-0.2, 0) is 6.42 Å². The minimum Gasteiger partial charge on any atom is -0.351 e. The molecule has 19 heavy (non-hydrogen) atoms. The van der Waals surface area contributed by atoms with Gasteiger partial charge in [-0.2, -0.15) is 0 Å². The van der Waals surface area contributed by atoms with Crippen molar-refractivity contribution < 1.29 is 4.79 Å². The number of pyridine rings is 1. The molecule has 2 rings (SSSR count). The van der Waals surface area contributed by atoms with Gasteiger partial charge >= 0.3 is 0 Å². The van der Waals surface area contributed by atoms with Crippen LogP contribution in [0.4, 0.5) is 0 Å². The molecule has 0 atom stereocenters. The van der Waals surface area contributed by atoms with Gasteiger partial charge in [0.25, 0.3) is 11.5 Å². The molecule has 0 fully saturated rings. The van der Waals surface area contributed by atoms with E-state index in [1.165, 1.54) is 0 Å². The van der Waals surface area contributed by atoms with Gasteiger partial charge in [-0.1, -0.05) is 0 Å². The Labute approximate surface area is 110 Å². The monoisotopic (exact) mass is 260 g/mol. The fourth-order valence-corrected chi connectivity index (χ4v) is 1.95. The zero-order valence-electron chi connectivity index (χ0n) is 10.9. The van der Waals surface area contributed by atoms with Gasteiger partial charge in [0.1, 0.15) is 11.4 Å². The van der Waals surface area contributed by atoms with E-state index in [2.05, 4.69) is 20.3 Å². The summed E-state index contributed by atoms with van der Waals surface area (Å²) in [6.45, 7) is 3.97. The van der Waals surface area contributed by atoms with Gasteiger partial charge in [-0.3, -0.25) is 9.59 Å². The topological polar surface area (TPSA) is 90.6 Å². The molecule has 0 unspecified atom stereocenters. The van der Waals surface area contributed by atoms with Crippen molar-refractivity contribution in [3.05, 3.63) is 51.5 Å². The summed E-state index contributed by atoms with van der Waals surface area (Å²) in [5.41, 5.74) is 1.24. The highest BCUT2D eigenvalue weighted by molar-refractivity contribution is 5.95. The number of rotatable bonds is 4. The second-order valence-corrected chi connectivity index (χ2v) is 4.38. The summed E-state index contributed by atoms with van der Waals surface area (Å²) in [5, 5.41) is 2.72. The number of aromatic amines is 2. The van der Waals surface area contributed by atoms with Crippen molar-refractivity contribution in [2.24, 2.45) is 0 Å². The van der Waals surface area contributed by atoms with Gasteiger partial charge in [0.15, 0.2) is 0 Å². The number of nitrogens with one attached hydrogen (secondary N) is 3. The SMILES string of the molecule is Cc1cc(C)c(C(=O)NCCc2ncc[nH]2)c(=O)[nH]1. The number of carbonyl (C=O) groups is 1. The van der Waals surface area contributed by atoms with E-state index >= 15 is 0 Å². The number of carbonyl (C=O) groups excluding carboxylic acids is 1. The van der Waals surface area contributed by atoms with Gasteiger partial charge in [0.2, 0.25) is 0 Å². The van der Waals surface area contributed by atoms with Crippen molar-refractivity contribution in [3.8, 4) is 0 Å². The molecule has 6 heteroatoms. The van der Waals surface area contributed by atoms with Crippen molar-refractivity contribution in [1.29, 1.82) is 0 Å². The van der Waals surface area contributed by atoms with E-state index in [4.69, 9.17) is 0 Å². The number of nitrogens with zero attached hydrogens (tertiary/aromatic N) is 1. The predicted octanol–water partition coefficient (Wildman–Crippen LogP) is 0.687. The molecule has 0 aliphatic rings. The van der Waals surface area contributed by atoms with Crippen LogP contribution in [0.1, 0.15) is 27.4 Å². The molecule has 0 saturated carbocycles. The third kappa shape index (κ3) is 3.09. The van der Waals surface area contributed by atoms with Crippen LogP contribution in [0.3, 0.4) is 0 Å². The van der Waals surface area contributed by atoms with E-state index in [0.29, 0.717) is 18.5 Å². The van der Waals surface area contributed by atoms with Gasteiger partial charge in [-0.15, -0.1) is 0 Å². The molecule has 0 radical (unpaired) electrons. The van der Waals surface area contributed by atoms with E-state index in [1.807, 2.05) is 0 Å². The van der Waals surface area contributed by atoms with E-state index in [9.17, 15) is 9.59 Å². The molecule has 100 valence electrons. The Morgan fingerprint density at radius 2 is 2.21 bits per heavy atom. The maximum absolute atomic E-state index is 12.0. The van der Waals surface area contributed by atoms with Crippen LogP contribution in [0.25, 0.3) is 0 Å². The first-order chi connectivity index (χ1) is 9.08. The van der Waals surface area contributed by atoms with Crippen molar-refractivity contribution in [1.82, 2.24) is 20.3 Å². The van der Waals surface area contributed by atoms with Crippen LogP contribution in [0.15, 0.2) is 23.3 Å². The minimum atomic E-state index is -0.356. The first-order valence-electron chi connectivity index (χ1n) is 6.05. The smallest absolute Gasteiger partial charge is 0.261 e. The highest BCUT2D eigenvalue weighted by Crippen LogP contribution is 2.03. The van der Waals surface area contributed by atoms with Crippen LogP contribution >= 0.6 is 0 Å². The summed E-state index contributed by atoms with van der Waals surface area (Å²) in [6.07, 6.45) is 3.99. The fraction of sp³-hybridized carbons (Fsp3) is 0.308. The van der Waals surface area contributed by atoms with E-state index < -0.39 is 0 Å². The lowest BCUT2D eigenvalue weighted by Crippen LogP contribution is -2.32. The van der Waals surface area contributed by atoms with Gasteiger partial charge in [-0.25, -0.2) is 4.98 Å². The summed E-state index contributed by atoms with van der Waals surface area (Å²) in [5.74, 6) is 0.445. The molecule has 3 N–H and O–H groups in total. The Morgan fingerprint density at radius 1 is 1.42 bits per heavy atom. The molecule has 6 nitrogen and oxygen atoms in total. The molecule has 0 aliphatic heterocycles. The molecule has 0 aromatic carbocycles. The molecule has 1 amide bonds. The Kier molecular flexibility index (Phi) is 3.79. The summed E-state index contributed by atoms with van der Waals surface area (Å²) >= 11 is 0. The van der Waals surface area contributed by atoms with Gasteiger partial charge in [0, 0.05) is 31.1 Å². The summed E-state index contributed by atoms with van der Waals surface area (Å²) in [4.78, 5) is 33.4. The second kappa shape index (κ2) is 5.51. The average molecular weight is 260 g/mol. The van der Waals surface area contributed by atoms with Crippen LogP contribution in [0.5, 0.6) is 0 Å². The van der Waals surface area contributed by atoms with E-state index in [1.54, 1.807) is 32.3 Å². The number of amides is 1. The number of hydrogen-bond donors (Lipinski definition) is 3. The summed E-state index contributed by atoms with van der Waals surface area (Å²) < 4.78 is 0. The zero-order valence-corrected chi connectivity index (χ0v) is 10.9. The standard InChI is InChI=1S/C13H16N4O2/c1-8-7-9(2)17-13(19)11(8)12(18)16-4-3-10-14-5-6-15-10/h5-7H,3-4H2,1-2H3,(H,14,15)(H,16,18)(H,17,19). The fourth-order valence-electron chi connectivity index (χ4n) is 1.95. The van der Waals surface area contributed by atoms with Crippen molar-refractivity contribution in [2.45, 2.75) is 20.3 Å². The molecule has 0 saturated heterocycles. The largest absolute Gasteiger partial charge is 0.351 e. The Morgan fingerprint density at radius 3 is 2.84 bits per heavy atom. The zero-order chi connectivity index (χ0) is 13.8. The summed E-state index contributed by atoms with van der Waals surface area (Å²) in [6, 6.07) is 1.78. The number of aromatic nitrogens is 3. The summed E-state index contributed by atoms with van der Waals surface area (Å²) in [7, 11) is 0. The number of hydrogen-bond acceptors (Lipinski definition) is 3. The molecule has 0 spiro atoms. The lowest BCUT2D eigenvalue weighted by molar-refractivity contribution is 0.0952. The van der Waals surface area contributed by atoms with E-state index in [-0.39, 0.29) is 17.0 Å². The third-order valence-electron chi connectivity index (χ3n) is 2.79. The molecule has 2 aromatic heterocycles. The number of imidazole rings is 1. The molecular formula is C13H16N4O2. The number of aryl methyl sites for hydroxylation is 2.